The summed E-state index contributed by atoms with van der Waals surface area (Å²) in [7, 11) is 0. The Morgan fingerprint density at radius 2 is 1.46 bits per heavy atom. The second-order valence-electron chi connectivity index (χ2n) is 10.7. The van der Waals surface area contributed by atoms with Crippen molar-refractivity contribution < 1.29 is 29.4 Å². The molecule has 41 heavy (non-hydrogen) atoms. The third-order valence-corrected chi connectivity index (χ3v) is 7.58. The molecule has 10 nitrogen and oxygen atoms in total. The maximum Gasteiger partial charge on any atom is 0.327 e. The summed E-state index contributed by atoms with van der Waals surface area (Å²) in [4.78, 5) is 51.3. The molecule has 0 saturated heterocycles. The van der Waals surface area contributed by atoms with E-state index in [1.54, 1.807) is 57.2 Å². The number of hydrogen-bond acceptors (Lipinski definition) is 8. The number of nitrogens with one attached hydrogen (secondary N) is 3. The Hall–Kier alpha value is -3.22. The van der Waals surface area contributed by atoms with Crippen molar-refractivity contribution in [1.29, 1.82) is 0 Å². The van der Waals surface area contributed by atoms with E-state index in [-0.39, 0.29) is 24.3 Å². The summed E-state index contributed by atoms with van der Waals surface area (Å²) in [6.07, 6.45) is 0.254. The Morgan fingerprint density at radius 3 is 2.00 bits per heavy atom. The maximum atomic E-state index is 13.2. The molecular formula is C29H40N4O6S2. The number of aromatic hydroxyl groups is 1. The molecule has 0 heterocycles. The Bertz CT molecular complexity index is 1270. The molecule has 0 fully saturated rings. The van der Waals surface area contributed by atoms with Crippen LogP contribution in [0, 0.1) is 20.8 Å². The molecule has 0 aromatic heterocycles. The fourth-order valence-electron chi connectivity index (χ4n) is 4.33. The van der Waals surface area contributed by atoms with Crippen molar-refractivity contribution in [3.63, 3.8) is 0 Å². The molecule has 224 valence electrons. The lowest BCUT2D eigenvalue weighted by Crippen LogP contribution is -2.60. The first-order valence-corrected chi connectivity index (χ1v) is 14.2. The minimum atomic E-state index is -1.33. The highest BCUT2D eigenvalue weighted by Crippen LogP contribution is 2.27. The van der Waals surface area contributed by atoms with Gasteiger partial charge in [-0.2, -0.15) is 25.3 Å². The number of rotatable bonds is 13. The number of benzene rings is 2. The third-order valence-electron chi connectivity index (χ3n) is 6.96. The molecule has 0 aliphatic carbocycles. The van der Waals surface area contributed by atoms with Crippen molar-refractivity contribution in [1.82, 2.24) is 16.0 Å². The molecule has 2 aromatic carbocycles. The SMILES string of the molecule is Cc1cc(O)c(C)c(C)c1CC(N)C(=O)N[C@H](CS)C(=O)N[C@@H](Cc1ccccc1)C(=O)N[C@@H](C(=O)O)C(C)(C)S. The van der Waals surface area contributed by atoms with Crippen LogP contribution < -0.4 is 21.7 Å². The van der Waals surface area contributed by atoms with E-state index < -0.39 is 52.6 Å². The van der Waals surface area contributed by atoms with Gasteiger partial charge in [0, 0.05) is 16.9 Å². The molecule has 0 bridgehead atoms. The minimum Gasteiger partial charge on any atom is -0.508 e. The van der Waals surface area contributed by atoms with E-state index in [0.29, 0.717) is 5.56 Å². The molecule has 4 atom stereocenters. The van der Waals surface area contributed by atoms with Crippen molar-refractivity contribution in [2.24, 2.45) is 5.73 Å². The van der Waals surface area contributed by atoms with Gasteiger partial charge in [-0.1, -0.05) is 30.3 Å². The first kappa shape index (κ1) is 34.0. The summed E-state index contributed by atoms with van der Waals surface area (Å²) in [5.41, 5.74) is 10.1. The fraction of sp³-hybridized carbons (Fsp3) is 0.448. The summed E-state index contributed by atoms with van der Waals surface area (Å²) in [6.45, 7) is 8.54. The number of thiol groups is 2. The van der Waals surface area contributed by atoms with Gasteiger partial charge in [0.15, 0.2) is 0 Å². The third kappa shape index (κ3) is 9.40. The number of amides is 3. The molecule has 0 spiro atoms. The lowest BCUT2D eigenvalue weighted by Gasteiger charge is -2.29. The molecule has 2 aromatic rings. The van der Waals surface area contributed by atoms with Gasteiger partial charge in [-0.3, -0.25) is 14.4 Å². The molecule has 1 unspecified atom stereocenters. The van der Waals surface area contributed by atoms with Crippen LogP contribution in [0.2, 0.25) is 0 Å². The number of carbonyl (C=O) groups is 4. The van der Waals surface area contributed by atoms with Crippen molar-refractivity contribution in [2.75, 3.05) is 5.75 Å². The standard InChI is InChI=1S/C29H40N4O6S2/c1-15-11-23(34)17(3)16(2)19(15)13-20(30)25(35)32-22(14-40)27(37)31-21(12-18-9-7-6-8-10-18)26(36)33-24(28(38)39)29(4,5)41/h6-11,20-22,24,34,40-41H,12-14,30H2,1-5H3,(H,31,37)(H,32,35)(H,33,36)(H,38,39)/t20?,21-,22+,24-/m0/s1. The average molecular weight is 605 g/mol. The first-order chi connectivity index (χ1) is 19.1. The number of carboxylic acids is 1. The van der Waals surface area contributed by atoms with E-state index in [1.165, 1.54) is 0 Å². The van der Waals surface area contributed by atoms with Crippen LogP contribution in [0.15, 0.2) is 36.4 Å². The highest BCUT2D eigenvalue weighted by molar-refractivity contribution is 7.81. The molecule has 12 heteroatoms. The van der Waals surface area contributed by atoms with Gasteiger partial charge < -0.3 is 31.9 Å². The number of phenols is 1. The van der Waals surface area contributed by atoms with Crippen LogP contribution >= 0.6 is 25.3 Å². The van der Waals surface area contributed by atoms with Crippen LogP contribution in [0.5, 0.6) is 5.75 Å². The highest BCUT2D eigenvalue weighted by Gasteiger charge is 2.36. The summed E-state index contributed by atoms with van der Waals surface area (Å²) >= 11 is 8.52. The smallest absolute Gasteiger partial charge is 0.327 e. The lowest BCUT2D eigenvalue weighted by molar-refractivity contribution is -0.143. The van der Waals surface area contributed by atoms with E-state index in [4.69, 9.17) is 5.73 Å². The van der Waals surface area contributed by atoms with Gasteiger partial charge in [0.2, 0.25) is 17.7 Å². The number of carboxylic acid groups (broad SMARTS) is 1. The topological polar surface area (TPSA) is 171 Å². The normalized spacial score (nSPS) is 14.3. The van der Waals surface area contributed by atoms with E-state index in [1.807, 2.05) is 13.8 Å². The van der Waals surface area contributed by atoms with Crippen LogP contribution in [0.4, 0.5) is 0 Å². The number of aliphatic carboxylic acids is 1. The van der Waals surface area contributed by atoms with Crippen LogP contribution in [0.3, 0.4) is 0 Å². The van der Waals surface area contributed by atoms with Gasteiger partial charge in [-0.05, 0) is 74.9 Å². The Balaban J connectivity index is 2.20. The highest BCUT2D eigenvalue weighted by atomic mass is 32.1. The van der Waals surface area contributed by atoms with Gasteiger partial charge in [-0.25, -0.2) is 4.79 Å². The molecule has 2 rings (SSSR count). The predicted octanol–water partition coefficient (Wildman–Crippen LogP) is 1.61. The number of nitrogens with two attached hydrogens (primary N) is 1. The number of aryl methyl sites for hydroxylation is 1. The van der Waals surface area contributed by atoms with E-state index in [9.17, 15) is 29.4 Å². The van der Waals surface area contributed by atoms with Gasteiger partial charge >= 0.3 is 5.97 Å². The van der Waals surface area contributed by atoms with Crippen molar-refractivity contribution in [3.05, 3.63) is 64.2 Å². The molecule has 7 N–H and O–H groups in total. The van der Waals surface area contributed by atoms with Crippen LogP contribution in [-0.4, -0.2) is 68.6 Å². The number of phenolic OH excluding ortho intramolecular Hbond substituents is 1. The summed E-state index contributed by atoms with van der Waals surface area (Å²) in [5.74, 6) is -3.17. The average Bonchev–Trinajstić information content (AvgIpc) is 2.90. The predicted molar refractivity (Wildman–Crippen MR) is 164 cm³/mol. The zero-order chi connectivity index (χ0) is 31.1. The van der Waals surface area contributed by atoms with E-state index in [0.717, 1.165) is 22.3 Å². The molecule has 0 radical (unpaired) electrons. The molecule has 0 aliphatic heterocycles. The Morgan fingerprint density at radius 1 is 0.902 bits per heavy atom. The zero-order valence-electron chi connectivity index (χ0n) is 23.9. The van der Waals surface area contributed by atoms with Gasteiger partial charge in [0.1, 0.15) is 23.9 Å². The largest absolute Gasteiger partial charge is 0.508 e. The van der Waals surface area contributed by atoms with Crippen LogP contribution in [0.25, 0.3) is 0 Å². The van der Waals surface area contributed by atoms with Crippen LogP contribution in [-0.2, 0) is 32.0 Å². The Labute approximate surface area is 251 Å². The van der Waals surface area contributed by atoms with Crippen molar-refractivity contribution in [2.45, 2.75) is 76.4 Å². The second kappa shape index (κ2) is 14.6. The fourth-order valence-corrected chi connectivity index (χ4v) is 4.76. The summed E-state index contributed by atoms with van der Waals surface area (Å²) in [6, 6.07) is 5.92. The maximum absolute atomic E-state index is 13.2. The first-order valence-electron chi connectivity index (χ1n) is 13.1. The van der Waals surface area contributed by atoms with Crippen molar-refractivity contribution >= 4 is 48.9 Å². The van der Waals surface area contributed by atoms with Gasteiger partial charge in [-0.15, -0.1) is 0 Å². The molecule has 0 saturated carbocycles. The quantitative estimate of drug-likeness (QED) is 0.161. The molecular weight excluding hydrogens is 564 g/mol. The van der Waals surface area contributed by atoms with E-state index >= 15 is 0 Å². The Kier molecular flexibility index (Phi) is 12.1. The second-order valence-corrected chi connectivity index (χ2v) is 12.2. The summed E-state index contributed by atoms with van der Waals surface area (Å²) in [5, 5.41) is 27.4. The van der Waals surface area contributed by atoms with E-state index in [2.05, 4.69) is 41.2 Å². The summed E-state index contributed by atoms with van der Waals surface area (Å²) < 4.78 is -1.09. The monoisotopic (exact) mass is 604 g/mol. The number of carbonyl (C=O) groups excluding carboxylic acids is 3. The number of hydrogen-bond donors (Lipinski definition) is 8. The van der Waals surface area contributed by atoms with Crippen molar-refractivity contribution in [3.8, 4) is 5.75 Å². The van der Waals surface area contributed by atoms with Gasteiger partial charge in [0.05, 0.1) is 6.04 Å². The van der Waals surface area contributed by atoms with Crippen LogP contribution in [0.1, 0.15) is 41.7 Å². The molecule has 3 amide bonds. The van der Waals surface area contributed by atoms with Gasteiger partial charge in [0.25, 0.3) is 0 Å². The zero-order valence-corrected chi connectivity index (χ0v) is 25.7. The minimum absolute atomic E-state index is 0.0727. The molecule has 0 aliphatic rings. The lowest BCUT2D eigenvalue weighted by atomic mass is 9.92.